The van der Waals surface area contributed by atoms with E-state index in [1.807, 2.05) is 11.8 Å². The Hall–Kier alpha value is -2.87. The van der Waals surface area contributed by atoms with Gasteiger partial charge in [-0.1, -0.05) is 37.1 Å². The average Bonchev–Trinajstić information content (AvgIpc) is 3.03. The smallest absolute Gasteiger partial charge is 0.292 e. The van der Waals surface area contributed by atoms with Gasteiger partial charge in [-0.25, -0.2) is 0 Å². The summed E-state index contributed by atoms with van der Waals surface area (Å²) < 4.78 is 1.77. The van der Waals surface area contributed by atoms with Crippen LogP contribution >= 0.6 is 11.6 Å². The van der Waals surface area contributed by atoms with Crippen LogP contribution in [0.25, 0.3) is 6.08 Å². The highest BCUT2D eigenvalue weighted by molar-refractivity contribution is 6.31. The summed E-state index contributed by atoms with van der Waals surface area (Å²) in [5.41, 5.74) is 2.23. The van der Waals surface area contributed by atoms with Gasteiger partial charge in [-0.2, -0.15) is 5.10 Å². The Morgan fingerprint density at radius 3 is 2.63 bits per heavy atom. The Bertz CT molecular complexity index is 948. The maximum Gasteiger partial charge on any atom is 0.292 e. The molecule has 30 heavy (non-hydrogen) atoms. The van der Waals surface area contributed by atoms with E-state index in [9.17, 15) is 14.9 Å². The molecule has 0 spiro atoms. The van der Waals surface area contributed by atoms with Crippen LogP contribution in [0, 0.1) is 17.0 Å². The van der Waals surface area contributed by atoms with E-state index < -0.39 is 0 Å². The van der Waals surface area contributed by atoms with E-state index in [-0.39, 0.29) is 16.5 Å². The molecular formula is C21H26ClN5O3. The number of halogens is 1. The van der Waals surface area contributed by atoms with Crippen molar-refractivity contribution in [2.45, 2.75) is 33.2 Å². The Morgan fingerprint density at radius 2 is 1.97 bits per heavy atom. The standard InChI is InChI=1S/C21H26ClN5O3/c1-3-4-11-26-21(22)17(16(2)23-26)9-10-20(28)25-14-12-24(13-15-25)18-7-5-6-8-19(18)27(29)30/h5-10H,3-4,11-15H2,1-2H3/b10-9+. The maximum absolute atomic E-state index is 12.6. The van der Waals surface area contributed by atoms with Crippen LogP contribution in [-0.4, -0.2) is 51.7 Å². The lowest BCUT2D eigenvalue weighted by Gasteiger charge is -2.35. The number of nitrogens with zero attached hydrogens (tertiary/aromatic N) is 5. The molecular weight excluding hydrogens is 406 g/mol. The molecule has 1 aliphatic rings. The van der Waals surface area contributed by atoms with Crippen molar-refractivity contribution in [2.24, 2.45) is 0 Å². The lowest BCUT2D eigenvalue weighted by atomic mass is 10.2. The molecule has 1 amide bonds. The number of carbonyl (C=O) groups is 1. The summed E-state index contributed by atoms with van der Waals surface area (Å²) in [6, 6.07) is 6.69. The Labute approximate surface area is 180 Å². The number of nitro groups is 1. The van der Waals surface area contributed by atoms with Crippen molar-refractivity contribution in [2.75, 3.05) is 31.1 Å². The van der Waals surface area contributed by atoms with Crippen molar-refractivity contribution in [3.63, 3.8) is 0 Å². The summed E-state index contributed by atoms with van der Waals surface area (Å²) in [5, 5.41) is 16.3. The number of carbonyl (C=O) groups excluding carboxylic acids is 1. The number of unbranched alkanes of at least 4 members (excludes halogenated alkanes) is 1. The minimum Gasteiger partial charge on any atom is -0.362 e. The van der Waals surface area contributed by atoms with Gasteiger partial charge in [0, 0.05) is 50.4 Å². The van der Waals surface area contributed by atoms with Crippen molar-refractivity contribution in [3.8, 4) is 0 Å². The quantitative estimate of drug-likeness (QED) is 0.377. The fourth-order valence-corrected chi connectivity index (χ4v) is 3.85. The second-order valence-electron chi connectivity index (χ2n) is 7.26. The van der Waals surface area contributed by atoms with Crippen LogP contribution in [0.15, 0.2) is 30.3 Å². The third-order valence-corrected chi connectivity index (χ3v) is 5.63. The van der Waals surface area contributed by atoms with Gasteiger partial charge in [0.1, 0.15) is 10.8 Å². The molecule has 9 heteroatoms. The first-order valence-corrected chi connectivity index (χ1v) is 10.5. The fraction of sp³-hybridized carbons (Fsp3) is 0.429. The molecule has 0 N–H and O–H groups in total. The molecule has 0 saturated carbocycles. The van der Waals surface area contributed by atoms with Crippen LogP contribution in [0.3, 0.4) is 0 Å². The van der Waals surface area contributed by atoms with Crippen molar-refractivity contribution in [1.82, 2.24) is 14.7 Å². The molecule has 8 nitrogen and oxygen atoms in total. The highest BCUT2D eigenvalue weighted by Crippen LogP contribution is 2.28. The summed E-state index contributed by atoms with van der Waals surface area (Å²) >= 11 is 6.42. The predicted octanol–water partition coefficient (Wildman–Crippen LogP) is 3.92. The summed E-state index contributed by atoms with van der Waals surface area (Å²) in [4.78, 5) is 27.2. The van der Waals surface area contributed by atoms with Crippen LogP contribution < -0.4 is 4.90 Å². The summed E-state index contributed by atoms with van der Waals surface area (Å²) in [6.45, 7) is 6.82. The average molecular weight is 432 g/mol. The molecule has 1 fully saturated rings. The van der Waals surface area contributed by atoms with Gasteiger partial charge < -0.3 is 9.80 Å². The number of anilines is 1. The molecule has 0 aliphatic carbocycles. The molecule has 1 aliphatic heterocycles. The summed E-state index contributed by atoms with van der Waals surface area (Å²) in [7, 11) is 0. The molecule has 1 aromatic heterocycles. The highest BCUT2D eigenvalue weighted by Gasteiger charge is 2.24. The third kappa shape index (κ3) is 4.81. The number of rotatable bonds is 7. The maximum atomic E-state index is 12.6. The molecule has 0 radical (unpaired) electrons. The van der Waals surface area contributed by atoms with Gasteiger partial charge in [-0.15, -0.1) is 0 Å². The molecule has 160 valence electrons. The van der Waals surface area contributed by atoms with Crippen molar-refractivity contribution >= 4 is 35.0 Å². The van der Waals surface area contributed by atoms with E-state index in [0.717, 1.165) is 30.6 Å². The second kappa shape index (κ2) is 9.75. The van der Waals surface area contributed by atoms with Crippen LogP contribution in [0.4, 0.5) is 11.4 Å². The van der Waals surface area contributed by atoms with E-state index in [1.54, 1.807) is 33.9 Å². The number of aryl methyl sites for hydroxylation is 2. The first-order chi connectivity index (χ1) is 14.4. The van der Waals surface area contributed by atoms with E-state index in [2.05, 4.69) is 12.0 Å². The number of hydrogen-bond acceptors (Lipinski definition) is 5. The zero-order valence-corrected chi connectivity index (χ0v) is 18.0. The summed E-state index contributed by atoms with van der Waals surface area (Å²) in [6.07, 6.45) is 5.30. The largest absolute Gasteiger partial charge is 0.362 e. The van der Waals surface area contributed by atoms with Gasteiger partial charge in [0.25, 0.3) is 5.69 Å². The Morgan fingerprint density at radius 1 is 1.27 bits per heavy atom. The van der Waals surface area contributed by atoms with Gasteiger partial charge in [-0.3, -0.25) is 19.6 Å². The Balaban J connectivity index is 1.63. The number of aromatic nitrogens is 2. The monoisotopic (exact) mass is 431 g/mol. The molecule has 2 aromatic rings. The molecule has 0 atom stereocenters. The fourth-order valence-electron chi connectivity index (χ4n) is 3.53. The minimum absolute atomic E-state index is 0.0855. The zero-order chi connectivity index (χ0) is 21.7. The minimum atomic E-state index is -0.373. The molecule has 3 rings (SSSR count). The number of hydrogen-bond donors (Lipinski definition) is 0. The first kappa shape index (κ1) is 21.8. The van der Waals surface area contributed by atoms with Crippen molar-refractivity contribution in [1.29, 1.82) is 0 Å². The number of amides is 1. The van der Waals surface area contributed by atoms with E-state index in [4.69, 9.17) is 11.6 Å². The Kier molecular flexibility index (Phi) is 7.10. The predicted molar refractivity (Wildman–Crippen MR) is 118 cm³/mol. The van der Waals surface area contributed by atoms with Gasteiger partial charge >= 0.3 is 0 Å². The molecule has 1 saturated heterocycles. The van der Waals surface area contributed by atoms with Gasteiger partial charge in [0.05, 0.1) is 10.6 Å². The topological polar surface area (TPSA) is 84.5 Å². The number of para-hydroxylation sites is 2. The number of nitro benzene ring substituents is 1. The van der Waals surface area contributed by atoms with Crippen LogP contribution in [-0.2, 0) is 11.3 Å². The van der Waals surface area contributed by atoms with Gasteiger partial charge in [0.15, 0.2) is 0 Å². The van der Waals surface area contributed by atoms with Gasteiger partial charge in [-0.05, 0) is 25.5 Å². The van der Waals surface area contributed by atoms with Crippen molar-refractivity contribution < 1.29 is 9.72 Å². The molecule has 0 bridgehead atoms. The van der Waals surface area contributed by atoms with Crippen molar-refractivity contribution in [3.05, 3.63) is 56.9 Å². The van der Waals surface area contributed by atoms with Crippen LogP contribution in [0.1, 0.15) is 31.0 Å². The normalized spacial score (nSPS) is 14.5. The number of benzene rings is 1. The zero-order valence-electron chi connectivity index (χ0n) is 17.3. The third-order valence-electron chi connectivity index (χ3n) is 5.24. The first-order valence-electron chi connectivity index (χ1n) is 10.1. The van der Waals surface area contributed by atoms with Crippen LogP contribution in [0.2, 0.25) is 5.15 Å². The lowest BCUT2D eigenvalue weighted by molar-refractivity contribution is -0.384. The lowest BCUT2D eigenvalue weighted by Crippen LogP contribution is -2.48. The number of piperazine rings is 1. The molecule has 0 unspecified atom stereocenters. The van der Waals surface area contributed by atoms with Crippen LogP contribution in [0.5, 0.6) is 0 Å². The summed E-state index contributed by atoms with van der Waals surface area (Å²) in [5.74, 6) is -0.103. The SMILES string of the molecule is CCCCn1nc(C)c(/C=C/C(=O)N2CCN(c3ccccc3[N+](=O)[O-])CC2)c1Cl. The van der Waals surface area contributed by atoms with Gasteiger partial charge in [0.2, 0.25) is 5.91 Å². The van der Waals surface area contributed by atoms with E-state index in [0.29, 0.717) is 37.0 Å². The van der Waals surface area contributed by atoms with E-state index >= 15 is 0 Å². The van der Waals surface area contributed by atoms with E-state index in [1.165, 1.54) is 12.1 Å². The molecule has 2 heterocycles. The highest BCUT2D eigenvalue weighted by atomic mass is 35.5. The molecule has 1 aromatic carbocycles. The second-order valence-corrected chi connectivity index (χ2v) is 7.62.